The molecule has 9 aromatic carbocycles. The minimum absolute atomic E-state index is 0.138. The lowest BCUT2D eigenvalue weighted by Gasteiger charge is -2.34. The molecule has 56 heavy (non-hydrogen) atoms. The molecule has 10 aromatic rings. The van der Waals surface area contributed by atoms with E-state index in [1.54, 1.807) is 0 Å². The predicted octanol–water partition coefficient (Wildman–Crippen LogP) is 13.4. The van der Waals surface area contributed by atoms with Gasteiger partial charge in [-0.05, 0) is 81.2 Å². The molecule has 262 valence electrons. The molecule has 0 saturated heterocycles. The third-order valence-electron chi connectivity index (χ3n) is 10.9. The van der Waals surface area contributed by atoms with Crippen LogP contribution in [0.2, 0.25) is 0 Å². The van der Waals surface area contributed by atoms with Gasteiger partial charge >= 0.3 is 0 Å². The van der Waals surface area contributed by atoms with Crippen LogP contribution in [0.1, 0.15) is 16.7 Å². The normalized spacial score (nSPS) is 12.7. The molecule has 0 unspecified atom stereocenters. The van der Waals surface area contributed by atoms with Crippen LogP contribution in [0.3, 0.4) is 0 Å². The summed E-state index contributed by atoms with van der Waals surface area (Å²) in [6, 6.07) is 62.9. The molecular formula is C51H32N4O. The molecular weight excluding hydrogens is 685 g/mol. The molecule has 1 N–H and O–H groups in total. The summed E-state index contributed by atoms with van der Waals surface area (Å²) in [5.74, 6) is 0.586. The summed E-state index contributed by atoms with van der Waals surface area (Å²) in [6.07, 6.45) is 1.82. The minimum Gasteiger partial charge on any atom is -0.456 e. The fourth-order valence-electron chi connectivity index (χ4n) is 8.31. The number of nitrogens with zero attached hydrogens (tertiary/aromatic N) is 3. The number of furan rings is 1. The summed E-state index contributed by atoms with van der Waals surface area (Å²) in [6.45, 7) is 0. The summed E-state index contributed by atoms with van der Waals surface area (Å²) in [5, 5.41) is 18.1. The van der Waals surface area contributed by atoms with Crippen molar-refractivity contribution in [2.24, 2.45) is 9.98 Å². The first-order chi connectivity index (χ1) is 27.7. The van der Waals surface area contributed by atoms with Gasteiger partial charge in [0.1, 0.15) is 11.2 Å². The van der Waals surface area contributed by atoms with Crippen molar-refractivity contribution in [3.05, 3.63) is 199 Å². The first-order valence-corrected chi connectivity index (χ1v) is 18.7. The van der Waals surface area contributed by atoms with Crippen LogP contribution in [0.25, 0.3) is 65.4 Å². The van der Waals surface area contributed by atoms with Crippen molar-refractivity contribution in [3.63, 3.8) is 0 Å². The maximum atomic E-state index is 9.07. The molecule has 0 atom stereocenters. The summed E-state index contributed by atoms with van der Waals surface area (Å²) in [5.41, 5.74) is 9.83. The van der Waals surface area contributed by atoms with Crippen LogP contribution in [-0.2, 0) is 0 Å². The molecule has 0 radical (unpaired) electrons. The topological polar surface area (TPSA) is 65.0 Å². The molecule has 1 aliphatic heterocycles. The average Bonchev–Trinajstić information content (AvgIpc) is 3.63. The number of aliphatic imine (C=N–C) groups is 2. The van der Waals surface area contributed by atoms with Gasteiger partial charge in [0, 0.05) is 44.4 Å². The third kappa shape index (κ3) is 5.13. The van der Waals surface area contributed by atoms with Gasteiger partial charge in [-0.25, -0.2) is 9.98 Å². The second-order valence-electron chi connectivity index (χ2n) is 14.2. The van der Waals surface area contributed by atoms with Crippen LogP contribution in [0.5, 0.6) is 0 Å². The number of hydrogen-bond donors (Lipinski definition) is 1. The van der Waals surface area contributed by atoms with Gasteiger partial charge in [0.25, 0.3) is 0 Å². The van der Waals surface area contributed by atoms with Gasteiger partial charge in [0.15, 0.2) is 11.7 Å². The van der Waals surface area contributed by atoms with Crippen molar-refractivity contribution in [2.75, 3.05) is 4.90 Å². The standard InChI is InChI=1S/C51H32N4O/c52-50(34-12-2-1-3-13-34)54-51(53-31-32-24-25-40-39-20-8-9-23-47(39)56-48(40)28-32)42-26-27-44(38-19-7-6-18-37(38)42)55-45-22-11-17-33-16-10-21-41(49(33)45)43-29-35-14-4-5-15-36(35)30-46(43)55/h1-31,52H/b52-50?,53-31+,54-51-. The molecule has 5 nitrogen and oxygen atoms in total. The molecule has 5 heteroatoms. The highest BCUT2D eigenvalue weighted by Crippen LogP contribution is 2.53. The van der Waals surface area contributed by atoms with Crippen LogP contribution in [0.4, 0.5) is 17.1 Å². The Hall–Kier alpha value is -7.63. The number of anilines is 3. The Bertz CT molecular complexity index is 3280. The lowest BCUT2D eigenvalue weighted by atomic mass is 9.88. The molecule has 1 aromatic heterocycles. The van der Waals surface area contributed by atoms with Gasteiger partial charge in [-0.15, -0.1) is 0 Å². The van der Waals surface area contributed by atoms with E-state index in [0.717, 1.165) is 60.9 Å². The molecule has 2 heterocycles. The van der Waals surface area contributed by atoms with Crippen molar-refractivity contribution >= 4 is 89.2 Å². The van der Waals surface area contributed by atoms with Crippen LogP contribution < -0.4 is 4.90 Å². The first kappa shape index (κ1) is 31.9. The van der Waals surface area contributed by atoms with Crippen LogP contribution in [0.15, 0.2) is 196 Å². The van der Waals surface area contributed by atoms with E-state index in [0.29, 0.717) is 11.4 Å². The summed E-state index contributed by atoms with van der Waals surface area (Å²) >= 11 is 0. The maximum Gasteiger partial charge on any atom is 0.162 e. The lowest BCUT2D eigenvalue weighted by Crippen LogP contribution is -2.16. The predicted molar refractivity (Wildman–Crippen MR) is 234 cm³/mol. The van der Waals surface area contributed by atoms with E-state index in [2.05, 4.69) is 126 Å². The minimum atomic E-state index is 0.138. The maximum absolute atomic E-state index is 9.07. The van der Waals surface area contributed by atoms with Gasteiger partial charge in [-0.3, -0.25) is 5.41 Å². The van der Waals surface area contributed by atoms with Crippen LogP contribution in [-0.4, -0.2) is 17.9 Å². The van der Waals surface area contributed by atoms with E-state index < -0.39 is 0 Å². The van der Waals surface area contributed by atoms with Crippen molar-refractivity contribution in [2.45, 2.75) is 0 Å². The highest BCUT2D eigenvalue weighted by molar-refractivity contribution is 6.22. The molecule has 0 saturated carbocycles. The molecule has 0 spiro atoms. The number of rotatable bonds is 4. The SMILES string of the molecule is N=C(/N=C(\N=C\c1ccc2c(c1)oc1ccccc12)c1ccc(N2c3cc4ccccc4cc3-c3cccc4cccc2c34)c2ccccc12)c1ccccc1. The van der Waals surface area contributed by atoms with E-state index in [9.17, 15) is 0 Å². The molecule has 11 rings (SSSR count). The summed E-state index contributed by atoms with van der Waals surface area (Å²) in [4.78, 5) is 12.4. The van der Waals surface area contributed by atoms with Crippen LogP contribution >= 0.6 is 0 Å². The highest BCUT2D eigenvalue weighted by atomic mass is 16.3. The second kappa shape index (κ2) is 12.8. The zero-order valence-corrected chi connectivity index (χ0v) is 30.1. The van der Waals surface area contributed by atoms with E-state index in [1.165, 1.54) is 32.7 Å². The van der Waals surface area contributed by atoms with Gasteiger partial charge in [-0.2, -0.15) is 0 Å². The number of amidine groups is 2. The van der Waals surface area contributed by atoms with Gasteiger partial charge < -0.3 is 9.32 Å². The fourth-order valence-corrected chi connectivity index (χ4v) is 8.31. The zero-order valence-electron chi connectivity index (χ0n) is 30.1. The van der Waals surface area contributed by atoms with Gasteiger partial charge in [-0.1, -0.05) is 133 Å². The van der Waals surface area contributed by atoms with Crippen molar-refractivity contribution < 1.29 is 4.42 Å². The van der Waals surface area contributed by atoms with Gasteiger partial charge in [0.05, 0.1) is 17.1 Å². The van der Waals surface area contributed by atoms with E-state index in [1.807, 2.05) is 66.9 Å². The second-order valence-corrected chi connectivity index (χ2v) is 14.2. The molecule has 0 amide bonds. The number of fused-ring (bicyclic) bond motifs is 7. The highest BCUT2D eigenvalue weighted by Gasteiger charge is 2.28. The largest absolute Gasteiger partial charge is 0.456 e. The Labute approximate surface area is 322 Å². The molecule has 0 fully saturated rings. The van der Waals surface area contributed by atoms with Crippen LogP contribution in [0, 0.1) is 5.41 Å². The number of benzene rings is 9. The number of para-hydroxylation sites is 1. The Morgan fingerprint density at radius 3 is 2.05 bits per heavy atom. The quantitative estimate of drug-likeness (QED) is 0.146. The summed E-state index contributed by atoms with van der Waals surface area (Å²) < 4.78 is 6.20. The van der Waals surface area contributed by atoms with Crippen molar-refractivity contribution in [1.82, 2.24) is 0 Å². The van der Waals surface area contributed by atoms with E-state index in [-0.39, 0.29) is 5.84 Å². The summed E-state index contributed by atoms with van der Waals surface area (Å²) in [7, 11) is 0. The number of hydrogen-bond acceptors (Lipinski definition) is 3. The number of nitrogens with one attached hydrogen (secondary N) is 1. The molecule has 0 aliphatic carbocycles. The Morgan fingerprint density at radius 2 is 1.20 bits per heavy atom. The zero-order chi connectivity index (χ0) is 37.2. The molecule has 1 aliphatic rings. The average molecular weight is 717 g/mol. The Kier molecular flexibility index (Phi) is 7.25. The molecule has 0 bridgehead atoms. The van der Waals surface area contributed by atoms with E-state index in [4.69, 9.17) is 19.8 Å². The third-order valence-corrected chi connectivity index (χ3v) is 10.9. The van der Waals surface area contributed by atoms with E-state index >= 15 is 0 Å². The Morgan fingerprint density at radius 1 is 0.500 bits per heavy atom. The van der Waals surface area contributed by atoms with Crippen molar-refractivity contribution in [1.29, 1.82) is 5.41 Å². The lowest BCUT2D eigenvalue weighted by molar-refractivity contribution is 0.669. The first-order valence-electron chi connectivity index (χ1n) is 18.7. The fraction of sp³-hybridized carbons (Fsp3) is 0. The smallest absolute Gasteiger partial charge is 0.162 e. The Balaban J connectivity index is 1.10. The van der Waals surface area contributed by atoms with Crippen molar-refractivity contribution in [3.8, 4) is 11.1 Å². The monoisotopic (exact) mass is 716 g/mol. The van der Waals surface area contributed by atoms with Gasteiger partial charge in [0.2, 0.25) is 0 Å².